The summed E-state index contributed by atoms with van der Waals surface area (Å²) in [7, 11) is 0. The Labute approximate surface area is 142 Å². The molecule has 0 bridgehead atoms. The average molecular weight is 385 g/mol. The summed E-state index contributed by atoms with van der Waals surface area (Å²) in [4.78, 5) is 11.3. The molecule has 0 aliphatic rings. The predicted octanol–water partition coefficient (Wildman–Crippen LogP) is 4.18. The summed E-state index contributed by atoms with van der Waals surface area (Å²) in [5.41, 5.74) is 6.54. The van der Waals surface area contributed by atoms with Crippen LogP contribution in [0.1, 0.15) is 22.8 Å². The summed E-state index contributed by atoms with van der Waals surface area (Å²) in [6.45, 7) is 2.59. The van der Waals surface area contributed by atoms with E-state index in [1.807, 2.05) is 31.2 Å². The van der Waals surface area contributed by atoms with Gasteiger partial charge in [-0.1, -0.05) is 39.7 Å². The van der Waals surface area contributed by atoms with Gasteiger partial charge in [0.25, 0.3) is 0 Å². The number of ether oxygens (including phenoxy) is 2. The van der Waals surface area contributed by atoms with Crippen LogP contribution in [0.25, 0.3) is 0 Å². The van der Waals surface area contributed by atoms with E-state index in [4.69, 9.17) is 26.8 Å². The number of halogens is 2. The Bertz CT molecular complexity index is 691. The Morgan fingerprint density at radius 1 is 1.27 bits per heavy atom. The molecule has 0 unspecified atom stereocenters. The third-order valence-corrected chi connectivity index (χ3v) is 3.64. The maximum atomic E-state index is 11.3. The van der Waals surface area contributed by atoms with E-state index in [1.54, 1.807) is 0 Å². The third kappa shape index (κ3) is 4.15. The van der Waals surface area contributed by atoms with Gasteiger partial charge >= 0.3 is 0 Å². The molecule has 1 amide bonds. The number of carbonyl (C=O) groups is 1. The zero-order chi connectivity index (χ0) is 16.1. The zero-order valence-electron chi connectivity index (χ0n) is 11.9. The number of carbonyl (C=O) groups excluding carboxylic acids is 1. The Balaban J connectivity index is 2.27. The van der Waals surface area contributed by atoms with Crippen LogP contribution in [0.4, 0.5) is 0 Å². The summed E-state index contributed by atoms with van der Waals surface area (Å²) in [5.74, 6) is 0.230. The van der Waals surface area contributed by atoms with Crippen molar-refractivity contribution in [3.8, 4) is 11.5 Å². The van der Waals surface area contributed by atoms with Crippen molar-refractivity contribution in [1.82, 2.24) is 0 Å². The molecule has 0 heterocycles. The van der Waals surface area contributed by atoms with E-state index in [9.17, 15) is 4.79 Å². The molecule has 2 rings (SSSR count). The second kappa shape index (κ2) is 7.51. The van der Waals surface area contributed by atoms with Gasteiger partial charge in [0, 0.05) is 10.0 Å². The maximum absolute atomic E-state index is 11.3. The molecule has 0 atom stereocenters. The number of nitrogens with two attached hydrogens (primary N) is 1. The van der Waals surface area contributed by atoms with Gasteiger partial charge in [0.05, 0.1) is 11.6 Å². The van der Waals surface area contributed by atoms with Crippen molar-refractivity contribution in [2.75, 3.05) is 6.61 Å². The molecule has 4 nitrogen and oxygen atoms in total. The van der Waals surface area contributed by atoms with Gasteiger partial charge in [-0.15, -0.1) is 0 Å². The fraction of sp³-hybridized carbons (Fsp3) is 0.188. The van der Waals surface area contributed by atoms with Gasteiger partial charge in [-0.2, -0.15) is 0 Å². The number of rotatable bonds is 6. The lowest BCUT2D eigenvalue weighted by Gasteiger charge is -2.14. The van der Waals surface area contributed by atoms with Crippen molar-refractivity contribution in [1.29, 1.82) is 0 Å². The fourth-order valence-corrected chi connectivity index (χ4v) is 2.61. The molecular formula is C16H15BrClNO3. The van der Waals surface area contributed by atoms with Crippen LogP contribution >= 0.6 is 27.5 Å². The fourth-order valence-electron chi connectivity index (χ4n) is 1.90. The van der Waals surface area contributed by atoms with E-state index in [2.05, 4.69) is 15.9 Å². The first kappa shape index (κ1) is 16.6. The first-order valence-electron chi connectivity index (χ1n) is 6.64. The largest absolute Gasteiger partial charge is 0.490 e. The highest BCUT2D eigenvalue weighted by Crippen LogP contribution is 2.37. The molecule has 0 saturated heterocycles. The molecule has 0 radical (unpaired) electrons. The van der Waals surface area contributed by atoms with E-state index in [0.717, 1.165) is 10.0 Å². The Kier molecular flexibility index (Phi) is 5.69. The highest BCUT2D eigenvalue weighted by atomic mass is 79.9. The van der Waals surface area contributed by atoms with Crippen LogP contribution in [0.15, 0.2) is 40.9 Å². The Morgan fingerprint density at radius 3 is 2.68 bits per heavy atom. The molecule has 2 N–H and O–H groups in total. The summed E-state index contributed by atoms with van der Waals surface area (Å²) < 4.78 is 12.2. The number of amides is 1. The summed E-state index contributed by atoms with van der Waals surface area (Å²) >= 11 is 9.60. The third-order valence-electron chi connectivity index (χ3n) is 2.87. The van der Waals surface area contributed by atoms with Crippen LogP contribution in [0.2, 0.25) is 5.02 Å². The van der Waals surface area contributed by atoms with Crippen LogP contribution in [0.5, 0.6) is 11.5 Å². The standard InChI is InChI=1S/C16H15BrClNO3/c1-2-21-14-8-11(16(19)20)7-13(18)15(14)22-9-10-4-3-5-12(17)6-10/h3-8H,2,9H2,1H3,(H2,19,20). The minimum atomic E-state index is -0.568. The summed E-state index contributed by atoms with van der Waals surface area (Å²) in [6.07, 6.45) is 0. The molecule has 2 aromatic carbocycles. The van der Waals surface area contributed by atoms with Gasteiger partial charge in [-0.25, -0.2) is 0 Å². The molecular weight excluding hydrogens is 370 g/mol. The van der Waals surface area contributed by atoms with E-state index in [0.29, 0.717) is 24.7 Å². The highest BCUT2D eigenvalue weighted by Gasteiger charge is 2.15. The Morgan fingerprint density at radius 2 is 2.05 bits per heavy atom. The Hall–Kier alpha value is -1.72. The molecule has 2 aromatic rings. The average Bonchev–Trinajstić information content (AvgIpc) is 2.46. The first-order chi connectivity index (χ1) is 10.5. The van der Waals surface area contributed by atoms with Gasteiger partial charge in [-0.05, 0) is 36.8 Å². The monoisotopic (exact) mass is 383 g/mol. The van der Waals surface area contributed by atoms with E-state index < -0.39 is 5.91 Å². The molecule has 0 fully saturated rings. The van der Waals surface area contributed by atoms with Gasteiger partial charge in [0.1, 0.15) is 6.61 Å². The molecule has 0 aliphatic heterocycles. The van der Waals surface area contributed by atoms with Crippen LogP contribution < -0.4 is 15.2 Å². The molecule has 116 valence electrons. The molecule has 22 heavy (non-hydrogen) atoms. The molecule has 0 aromatic heterocycles. The van der Waals surface area contributed by atoms with E-state index >= 15 is 0 Å². The number of hydrogen-bond donors (Lipinski definition) is 1. The van der Waals surface area contributed by atoms with Crippen molar-refractivity contribution in [3.05, 3.63) is 57.0 Å². The second-order valence-electron chi connectivity index (χ2n) is 4.50. The number of hydrogen-bond acceptors (Lipinski definition) is 3. The van der Waals surface area contributed by atoms with Gasteiger partial charge in [0.15, 0.2) is 11.5 Å². The van der Waals surface area contributed by atoms with Crippen molar-refractivity contribution >= 4 is 33.4 Å². The van der Waals surface area contributed by atoms with E-state index in [-0.39, 0.29) is 10.6 Å². The summed E-state index contributed by atoms with van der Waals surface area (Å²) in [6, 6.07) is 10.8. The normalized spacial score (nSPS) is 10.3. The molecule has 0 aliphatic carbocycles. The smallest absolute Gasteiger partial charge is 0.248 e. The van der Waals surface area contributed by atoms with Crippen LogP contribution in [-0.2, 0) is 6.61 Å². The summed E-state index contributed by atoms with van der Waals surface area (Å²) in [5, 5.41) is 0.287. The molecule has 6 heteroatoms. The molecule has 0 saturated carbocycles. The van der Waals surface area contributed by atoms with Crippen molar-refractivity contribution in [2.45, 2.75) is 13.5 Å². The van der Waals surface area contributed by atoms with Crippen molar-refractivity contribution in [2.24, 2.45) is 5.73 Å². The number of primary amides is 1. The SMILES string of the molecule is CCOc1cc(C(N)=O)cc(Cl)c1OCc1cccc(Br)c1. The highest BCUT2D eigenvalue weighted by molar-refractivity contribution is 9.10. The van der Waals surface area contributed by atoms with E-state index in [1.165, 1.54) is 12.1 Å². The minimum Gasteiger partial charge on any atom is -0.490 e. The van der Waals surface area contributed by atoms with Gasteiger partial charge in [0.2, 0.25) is 5.91 Å². The van der Waals surface area contributed by atoms with Crippen LogP contribution in [0, 0.1) is 0 Å². The number of benzene rings is 2. The van der Waals surface area contributed by atoms with Crippen molar-refractivity contribution in [3.63, 3.8) is 0 Å². The topological polar surface area (TPSA) is 61.5 Å². The van der Waals surface area contributed by atoms with Crippen LogP contribution in [-0.4, -0.2) is 12.5 Å². The first-order valence-corrected chi connectivity index (χ1v) is 7.81. The predicted molar refractivity (Wildman–Crippen MR) is 89.6 cm³/mol. The zero-order valence-corrected chi connectivity index (χ0v) is 14.3. The lowest BCUT2D eigenvalue weighted by atomic mass is 10.2. The lowest BCUT2D eigenvalue weighted by molar-refractivity contribution is 0.0999. The van der Waals surface area contributed by atoms with Gasteiger partial charge < -0.3 is 15.2 Å². The maximum Gasteiger partial charge on any atom is 0.248 e. The van der Waals surface area contributed by atoms with Crippen molar-refractivity contribution < 1.29 is 14.3 Å². The molecule has 0 spiro atoms. The lowest BCUT2D eigenvalue weighted by Crippen LogP contribution is -2.11. The second-order valence-corrected chi connectivity index (χ2v) is 5.82. The van der Waals surface area contributed by atoms with Crippen LogP contribution in [0.3, 0.4) is 0 Å². The van der Waals surface area contributed by atoms with Gasteiger partial charge in [-0.3, -0.25) is 4.79 Å². The minimum absolute atomic E-state index is 0.281. The quantitative estimate of drug-likeness (QED) is 0.812.